The van der Waals surface area contributed by atoms with Crippen molar-refractivity contribution in [3.05, 3.63) is 53.5 Å². The number of nitrogens with zero attached hydrogens (tertiary/aromatic N) is 3. The molecule has 2 aromatic rings. The van der Waals surface area contributed by atoms with Crippen molar-refractivity contribution >= 4 is 5.82 Å². The molecule has 1 aromatic carbocycles. The zero-order valence-corrected chi connectivity index (χ0v) is 10.5. The molecule has 0 radical (unpaired) electrons. The summed E-state index contributed by atoms with van der Waals surface area (Å²) < 4.78 is 26.6. The number of hydrogen-bond donors (Lipinski definition) is 1. The summed E-state index contributed by atoms with van der Waals surface area (Å²) >= 11 is 0. The lowest BCUT2D eigenvalue weighted by Gasteiger charge is -2.18. The van der Waals surface area contributed by atoms with Gasteiger partial charge in [0.1, 0.15) is 23.3 Å². The highest BCUT2D eigenvalue weighted by Gasteiger charge is 2.09. The van der Waals surface area contributed by atoms with Crippen molar-refractivity contribution in [2.75, 3.05) is 11.9 Å². The zero-order chi connectivity index (χ0) is 13.8. The second kappa shape index (κ2) is 5.71. The lowest BCUT2D eigenvalue weighted by molar-refractivity contribution is 0.583. The van der Waals surface area contributed by atoms with Gasteiger partial charge in [-0.3, -0.25) is 0 Å². The molecule has 19 heavy (non-hydrogen) atoms. The van der Waals surface area contributed by atoms with Gasteiger partial charge < -0.3 is 10.6 Å². The molecule has 0 atom stereocenters. The molecule has 0 bridgehead atoms. The number of anilines is 1. The average Bonchev–Trinajstić information content (AvgIpc) is 2.43. The number of rotatable bonds is 4. The van der Waals surface area contributed by atoms with E-state index in [0.29, 0.717) is 11.6 Å². The van der Waals surface area contributed by atoms with Crippen molar-refractivity contribution in [2.45, 2.75) is 13.1 Å². The van der Waals surface area contributed by atoms with Crippen LogP contribution in [0.3, 0.4) is 0 Å². The maximum Gasteiger partial charge on any atom is 0.144 e. The molecule has 2 rings (SSSR count). The first-order chi connectivity index (χ1) is 9.10. The Morgan fingerprint density at radius 2 is 2.05 bits per heavy atom. The zero-order valence-electron chi connectivity index (χ0n) is 10.5. The predicted molar refractivity (Wildman–Crippen MR) is 68.4 cm³/mol. The number of benzene rings is 1. The standard InChI is InChI=1S/C13H14F2N4/c1-19(13-4-5-17-12(7-16)18-13)8-9-6-10(14)2-3-11(9)15/h2-6H,7-8,16H2,1H3. The van der Waals surface area contributed by atoms with Crippen LogP contribution >= 0.6 is 0 Å². The summed E-state index contributed by atoms with van der Waals surface area (Å²) in [5.74, 6) is 0.208. The van der Waals surface area contributed by atoms with E-state index in [0.717, 1.165) is 12.1 Å². The Morgan fingerprint density at radius 1 is 1.26 bits per heavy atom. The minimum atomic E-state index is -0.463. The molecule has 0 unspecified atom stereocenters. The Bertz CT molecular complexity index is 574. The summed E-state index contributed by atoms with van der Waals surface area (Å²) in [6.45, 7) is 0.445. The highest BCUT2D eigenvalue weighted by Crippen LogP contribution is 2.15. The summed E-state index contributed by atoms with van der Waals surface area (Å²) in [6, 6.07) is 5.08. The van der Waals surface area contributed by atoms with Crippen LogP contribution in [0.15, 0.2) is 30.5 Å². The van der Waals surface area contributed by atoms with Crippen molar-refractivity contribution in [3.8, 4) is 0 Å². The van der Waals surface area contributed by atoms with Crippen LogP contribution in [0.25, 0.3) is 0 Å². The molecule has 0 saturated carbocycles. The summed E-state index contributed by atoms with van der Waals surface area (Å²) in [5.41, 5.74) is 5.74. The Hall–Kier alpha value is -2.08. The Kier molecular flexibility index (Phi) is 4.01. The average molecular weight is 264 g/mol. The maximum atomic E-state index is 13.5. The highest BCUT2D eigenvalue weighted by molar-refractivity contribution is 5.38. The fourth-order valence-electron chi connectivity index (χ4n) is 1.70. The minimum Gasteiger partial charge on any atom is -0.355 e. The van der Waals surface area contributed by atoms with Crippen LogP contribution in [0.4, 0.5) is 14.6 Å². The van der Waals surface area contributed by atoms with Crippen LogP contribution in [0.5, 0.6) is 0 Å². The largest absolute Gasteiger partial charge is 0.355 e. The van der Waals surface area contributed by atoms with Crippen molar-refractivity contribution in [2.24, 2.45) is 5.73 Å². The highest BCUT2D eigenvalue weighted by atomic mass is 19.1. The van der Waals surface area contributed by atoms with Gasteiger partial charge in [0, 0.05) is 25.4 Å². The van der Waals surface area contributed by atoms with Gasteiger partial charge in [-0.1, -0.05) is 0 Å². The van der Waals surface area contributed by atoms with Crippen LogP contribution in [-0.2, 0) is 13.1 Å². The van der Waals surface area contributed by atoms with Gasteiger partial charge in [-0.25, -0.2) is 18.7 Å². The lowest BCUT2D eigenvalue weighted by Crippen LogP contribution is -2.19. The molecule has 0 spiro atoms. The van der Waals surface area contributed by atoms with Crippen LogP contribution in [0.2, 0.25) is 0 Å². The van der Waals surface area contributed by atoms with Crippen LogP contribution in [0.1, 0.15) is 11.4 Å². The molecule has 0 aliphatic rings. The first kappa shape index (κ1) is 13.4. The van der Waals surface area contributed by atoms with Crippen LogP contribution < -0.4 is 10.6 Å². The molecule has 1 heterocycles. The molecular weight excluding hydrogens is 250 g/mol. The second-order valence-electron chi connectivity index (χ2n) is 4.13. The summed E-state index contributed by atoms with van der Waals surface area (Å²) in [5, 5.41) is 0. The van der Waals surface area contributed by atoms with Crippen molar-refractivity contribution < 1.29 is 8.78 Å². The smallest absolute Gasteiger partial charge is 0.144 e. The summed E-state index contributed by atoms with van der Waals surface area (Å²) in [7, 11) is 1.74. The molecule has 6 heteroatoms. The van der Waals surface area contributed by atoms with Crippen molar-refractivity contribution in [1.82, 2.24) is 9.97 Å². The third-order valence-electron chi connectivity index (χ3n) is 2.68. The quantitative estimate of drug-likeness (QED) is 0.915. The topological polar surface area (TPSA) is 55.0 Å². The van der Waals surface area contributed by atoms with E-state index in [1.54, 1.807) is 24.2 Å². The molecule has 0 fully saturated rings. The van der Waals surface area contributed by atoms with Crippen molar-refractivity contribution in [1.29, 1.82) is 0 Å². The molecule has 0 amide bonds. The Labute approximate surface area is 109 Å². The summed E-state index contributed by atoms with van der Waals surface area (Å²) in [4.78, 5) is 9.90. The van der Waals surface area contributed by atoms with Gasteiger partial charge in [0.25, 0.3) is 0 Å². The maximum absolute atomic E-state index is 13.5. The molecule has 1 aromatic heterocycles. The lowest BCUT2D eigenvalue weighted by atomic mass is 10.2. The van der Waals surface area contributed by atoms with E-state index in [2.05, 4.69) is 9.97 Å². The van der Waals surface area contributed by atoms with Gasteiger partial charge in [0.2, 0.25) is 0 Å². The van der Waals surface area contributed by atoms with Crippen LogP contribution in [-0.4, -0.2) is 17.0 Å². The third-order valence-corrected chi connectivity index (χ3v) is 2.68. The fraction of sp³-hybridized carbons (Fsp3) is 0.231. The third kappa shape index (κ3) is 3.23. The number of hydrogen-bond acceptors (Lipinski definition) is 4. The first-order valence-electron chi connectivity index (χ1n) is 5.77. The molecule has 0 saturated heterocycles. The molecule has 0 aliphatic heterocycles. The van der Waals surface area contributed by atoms with E-state index in [4.69, 9.17) is 5.73 Å². The van der Waals surface area contributed by atoms with Gasteiger partial charge in [-0.05, 0) is 24.3 Å². The van der Waals surface area contributed by atoms with E-state index < -0.39 is 11.6 Å². The van der Waals surface area contributed by atoms with Gasteiger partial charge in [0.15, 0.2) is 0 Å². The van der Waals surface area contributed by atoms with Gasteiger partial charge in [-0.2, -0.15) is 0 Å². The molecule has 0 aliphatic carbocycles. The van der Waals surface area contributed by atoms with E-state index in [1.807, 2.05) is 0 Å². The van der Waals surface area contributed by atoms with Gasteiger partial charge in [-0.15, -0.1) is 0 Å². The molecule has 2 N–H and O–H groups in total. The van der Waals surface area contributed by atoms with E-state index >= 15 is 0 Å². The van der Waals surface area contributed by atoms with Gasteiger partial charge in [0.05, 0.1) is 6.54 Å². The van der Waals surface area contributed by atoms with E-state index in [-0.39, 0.29) is 18.7 Å². The summed E-state index contributed by atoms with van der Waals surface area (Å²) in [6.07, 6.45) is 1.59. The monoisotopic (exact) mass is 264 g/mol. The van der Waals surface area contributed by atoms with Crippen LogP contribution in [0, 0.1) is 11.6 Å². The fourth-order valence-corrected chi connectivity index (χ4v) is 1.70. The Morgan fingerprint density at radius 3 is 2.79 bits per heavy atom. The van der Waals surface area contributed by atoms with Crippen molar-refractivity contribution in [3.63, 3.8) is 0 Å². The Balaban J connectivity index is 2.20. The molecular formula is C13H14F2N4. The predicted octanol–water partition coefficient (Wildman–Crippen LogP) is 1.85. The normalized spacial score (nSPS) is 10.5. The first-order valence-corrected chi connectivity index (χ1v) is 5.77. The number of nitrogens with two attached hydrogens (primary N) is 1. The SMILES string of the molecule is CN(Cc1cc(F)ccc1F)c1ccnc(CN)n1. The number of aromatic nitrogens is 2. The van der Waals surface area contributed by atoms with Gasteiger partial charge >= 0.3 is 0 Å². The molecule has 4 nitrogen and oxygen atoms in total. The van der Waals surface area contributed by atoms with E-state index in [1.165, 1.54) is 6.07 Å². The second-order valence-corrected chi connectivity index (χ2v) is 4.13. The minimum absolute atomic E-state index is 0.213. The molecule has 100 valence electrons. The number of halogens is 2. The van der Waals surface area contributed by atoms with E-state index in [9.17, 15) is 8.78 Å².